The number of amides is 4. The molecule has 14 heteroatoms. The van der Waals surface area contributed by atoms with Crippen molar-refractivity contribution in [1.29, 1.82) is 0 Å². The van der Waals surface area contributed by atoms with E-state index < -0.39 is 72.1 Å². The highest BCUT2D eigenvalue weighted by molar-refractivity contribution is 7.98. The van der Waals surface area contributed by atoms with E-state index in [0.29, 0.717) is 18.6 Å². The first-order chi connectivity index (χ1) is 15.8. The van der Waals surface area contributed by atoms with Crippen molar-refractivity contribution < 1.29 is 39.0 Å². The normalized spacial score (nSPS) is 15.2. The first-order valence-corrected chi connectivity index (χ1v) is 12.1. The van der Waals surface area contributed by atoms with Gasteiger partial charge >= 0.3 is 11.9 Å². The molecule has 0 aromatic carbocycles. The first kappa shape index (κ1) is 31.1. The van der Waals surface area contributed by atoms with Gasteiger partial charge in [-0.15, -0.1) is 0 Å². The summed E-state index contributed by atoms with van der Waals surface area (Å²) in [6, 6.07) is -5.05. The van der Waals surface area contributed by atoms with Crippen molar-refractivity contribution in [3.8, 4) is 0 Å². The molecule has 4 amide bonds. The van der Waals surface area contributed by atoms with Gasteiger partial charge in [0.15, 0.2) is 0 Å². The van der Waals surface area contributed by atoms with Gasteiger partial charge in [0, 0.05) is 6.42 Å². The van der Waals surface area contributed by atoms with E-state index in [0.717, 1.165) is 0 Å². The van der Waals surface area contributed by atoms with Crippen molar-refractivity contribution in [3.05, 3.63) is 0 Å². The molecule has 0 radical (unpaired) electrons. The van der Waals surface area contributed by atoms with Crippen LogP contribution < -0.4 is 27.4 Å². The molecule has 5 unspecified atom stereocenters. The van der Waals surface area contributed by atoms with Crippen LogP contribution in [0.3, 0.4) is 0 Å². The Morgan fingerprint density at radius 2 is 1.50 bits per heavy atom. The van der Waals surface area contributed by atoms with Crippen molar-refractivity contribution in [2.75, 3.05) is 12.0 Å². The molecule has 0 fully saturated rings. The van der Waals surface area contributed by atoms with E-state index in [1.54, 1.807) is 13.8 Å². The van der Waals surface area contributed by atoms with Gasteiger partial charge in [-0.05, 0) is 30.8 Å². The van der Waals surface area contributed by atoms with Crippen LogP contribution in [0.1, 0.15) is 46.0 Å². The summed E-state index contributed by atoms with van der Waals surface area (Å²) < 4.78 is 0. The average Bonchev–Trinajstić information content (AvgIpc) is 2.76. The second kappa shape index (κ2) is 15.9. The number of nitrogens with two attached hydrogens (primary N) is 2. The zero-order chi connectivity index (χ0) is 26.4. The fourth-order valence-electron chi connectivity index (χ4n) is 2.80. The van der Waals surface area contributed by atoms with Crippen molar-refractivity contribution in [1.82, 2.24) is 16.0 Å². The lowest BCUT2D eigenvalue weighted by molar-refractivity contribution is -0.147. The molecule has 5 atom stereocenters. The molecule has 0 aromatic heterocycles. The minimum Gasteiger partial charge on any atom is -0.481 e. The van der Waals surface area contributed by atoms with Crippen LogP contribution in [0.4, 0.5) is 0 Å². The number of thioether (sulfide) groups is 1. The molecule has 0 spiro atoms. The number of carboxylic acid groups (broad SMARTS) is 2. The van der Waals surface area contributed by atoms with Crippen LogP contribution >= 0.6 is 11.8 Å². The van der Waals surface area contributed by atoms with Gasteiger partial charge in [0.2, 0.25) is 23.6 Å². The number of carbonyl (C=O) groups is 6. The lowest BCUT2D eigenvalue weighted by Gasteiger charge is -2.28. The quantitative estimate of drug-likeness (QED) is 0.119. The molecule has 0 aliphatic rings. The highest BCUT2D eigenvalue weighted by atomic mass is 32.2. The predicted octanol–water partition coefficient (Wildman–Crippen LogP) is -1.61. The second-order valence-electron chi connectivity index (χ2n) is 7.82. The Hall–Kier alpha value is -2.87. The molecule has 0 aromatic rings. The first-order valence-electron chi connectivity index (χ1n) is 10.7. The zero-order valence-corrected chi connectivity index (χ0v) is 20.4. The van der Waals surface area contributed by atoms with Crippen LogP contribution in [0.15, 0.2) is 0 Å². The van der Waals surface area contributed by atoms with Gasteiger partial charge in [-0.2, -0.15) is 11.8 Å². The molecule has 13 nitrogen and oxygen atoms in total. The fraction of sp³-hybridized carbons (Fsp3) is 0.700. The second-order valence-corrected chi connectivity index (χ2v) is 8.81. The molecule has 0 heterocycles. The maximum Gasteiger partial charge on any atom is 0.326 e. The van der Waals surface area contributed by atoms with Crippen LogP contribution in [0.5, 0.6) is 0 Å². The SMILES string of the molecule is CCC(C)C(NC(=O)C(CCC(N)=O)NC(=O)C(N)CCSC)C(=O)NC(CC(=O)O)C(=O)O. The molecular weight excluding hydrogens is 470 g/mol. The fourth-order valence-corrected chi connectivity index (χ4v) is 3.29. The number of carboxylic acids is 2. The van der Waals surface area contributed by atoms with E-state index in [1.807, 2.05) is 6.26 Å². The maximum absolute atomic E-state index is 12.9. The van der Waals surface area contributed by atoms with Crippen LogP contribution in [0, 0.1) is 5.92 Å². The molecule has 0 saturated carbocycles. The Kier molecular flexibility index (Phi) is 14.5. The largest absolute Gasteiger partial charge is 0.481 e. The van der Waals surface area contributed by atoms with Gasteiger partial charge in [0.05, 0.1) is 12.5 Å². The number of nitrogens with one attached hydrogen (secondary N) is 3. The third kappa shape index (κ3) is 11.8. The van der Waals surface area contributed by atoms with Crippen molar-refractivity contribution >= 4 is 47.3 Å². The lowest BCUT2D eigenvalue weighted by Crippen LogP contribution is -2.59. The van der Waals surface area contributed by atoms with Gasteiger partial charge in [-0.3, -0.25) is 24.0 Å². The van der Waals surface area contributed by atoms with E-state index in [4.69, 9.17) is 16.6 Å². The Labute approximate surface area is 202 Å². The summed E-state index contributed by atoms with van der Waals surface area (Å²) in [5, 5.41) is 25.1. The van der Waals surface area contributed by atoms with Crippen molar-refractivity contribution in [2.24, 2.45) is 17.4 Å². The number of hydrogen-bond donors (Lipinski definition) is 7. The lowest BCUT2D eigenvalue weighted by atomic mass is 9.97. The predicted molar refractivity (Wildman–Crippen MR) is 125 cm³/mol. The summed E-state index contributed by atoms with van der Waals surface area (Å²) in [4.78, 5) is 71.5. The van der Waals surface area contributed by atoms with Gasteiger partial charge in [0.25, 0.3) is 0 Å². The number of rotatable bonds is 17. The van der Waals surface area contributed by atoms with Crippen LogP contribution in [-0.2, 0) is 28.8 Å². The molecule has 0 bridgehead atoms. The Morgan fingerprint density at radius 3 is 1.97 bits per heavy atom. The smallest absolute Gasteiger partial charge is 0.326 e. The summed E-state index contributed by atoms with van der Waals surface area (Å²) in [7, 11) is 0. The minimum absolute atomic E-state index is 0.145. The van der Waals surface area contributed by atoms with E-state index in [9.17, 15) is 33.9 Å². The van der Waals surface area contributed by atoms with Crippen LogP contribution in [0.25, 0.3) is 0 Å². The van der Waals surface area contributed by atoms with Crippen LogP contribution in [0.2, 0.25) is 0 Å². The number of aliphatic carboxylic acids is 2. The third-order valence-corrected chi connectivity index (χ3v) is 5.71. The van der Waals surface area contributed by atoms with Crippen molar-refractivity contribution in [2.45, 2.75) is 70.1 Å². The summed E-state index contributed by atoms with van der Waals surface area (Å²) >= 11 is 1.49. The van der Waals surface area contributed by atoms with Gasteiger partial charge in [-0.25, -0.2) is 4.79 Å². The standard InChI is InChI=1S/C20H35N5O8S/c1-4-10(2)16(19(31)24-13(20(32)33)9-15(27)28)25-18(30)12(5-6-14(22)26)23-17(29)11(21)7-8-34-3/h10-13,16H,4-9,21H2,1-3H3,(H2,22,26)(H,23,29)(H,24,31)(H,25,30)(H,27,28)(H,32,33). The van der Waals surface area contributed by atoms with E-state index >= 15 is 0 Å². The Bertz CT molecular complexity index is 750. The average molecular weight is 506 g/mol. The molecule has 0 aliphatic heterocycles. The summed E-state index contributed by atoms with van der Waals surface area (Å²) in [6.45, 7) is 3.37. The van der Waals surface area contributed by atoms with Gasteiger partial charge in [0.1, 0.15) is 18.1 Å². The Morgan fingerprint density at radius 1 is 0.912 bits per heavy atom. The number of hydrogen-bond acceptors (Lipinski definition) is 8. The molecule has 0 rings (SSSR count). The topological polar surface area (TPSA) is 231 Å². The number of primary amides is 1. The summed E-state index contributed by atoms with van der Waals surface area (Å²) in [6.07, 6.45) is 1.39. The molecule has 194 valence electrons. The van der Waals surface area contributed by atoms with Gasteiger partial charge < -0.3 is 37.6 Å². The third-order valence-electron chi connectivity index (χ3n) is 5.07. The zero-order valence-electron chi connectivity index (χ0n) is 19.5. The summed E-state index contributed by atoms with van der Waals surface area (Å²) in [5.41, 5.74) is 11.0. The van der Waals surface area contributed by atoms with E-state index in [1.165, 1.54) is 11.8 Å². The number of carbonyl (C=O) groups excluding carboxylic acids is 4. The Balaban J connectivity index is 5.59. The van der Waals surface area contributed by atoms with Crippen LogP contribution in [-0.4, -0.2) is 82.0 Å². The molecular formula is C20H35N5O8S. The highest BCUT2D eigenvalue weighted by Gasteiger charge is 2.33. The molecule has 0 saturated heterocycles. The van der Waals surface area contributed by atoms with E-state index in [-0.39, 0.29) is 12.8 Å². The summed E-state index contributed by atoms with van der Waals surface area (Å²) in [5.74, 6) is -5.84. The maximum atomic E-state index is 12.9. The minimum atomic E-state index is -1.70. The van der Waals surface area contributed by atoms with Crippen molar-refractivity contribution in [3.63, 3.8) is 0 Å². The molecule has 9 N–H and O–H groups in total. The highest BCUT2D eigenvalue weighted by Crippen LogP contribution is 2.11. The monoisotopic (exact) mass is 505 g/mol. The van der Waals surface area contributed by atoms with Gasteiger partial charge in [-0.1, -0.05) is 20.3 Å². The van der Waals surface area contributed by atoms with E-state index in [2.05, 4.69) is 16.0 Å². The molecule has 0 aliphatic carbocycles. The molecule has 34 heavy (non-hydrogen) atoms.